The first-order valence-electron chi connectivity index (χ1n) is 10.5. The summed E-state index contributed by atoms with van der Waals surface area (Å²) in [5.41, 5.74) is 2.96. The lowest BCUT2D eigenvalue weighted by molar-refractivity contribution is 0.00536. The van der Waals surface area contributed by atoms with E-state index in [-0.39, 0.29) is 25.4 Å². The number of nitrogens with zero attached hydrogens (tertiary/aromatic N) is 3. The molecule has 6 rings (SSSR count). The lowest BCUT2D eigenvalue weighted by Gasteiger charge is -2.37. The first kappa shape index (κ1) is 21.5. The van der Waals surface area contributed by atoms with Crippen LogP contribution in [0.3, 0.4) is 0 Å². The van der Waals surface area contributed by atoms with Gasteiger partial charge in [0.1, 0.15) is 19.0 Å². The van der Waals surface area contributed by atoms with Gasteiger partial charge in [0.15, 0.2) is 29.1 Å². The maximum absolute atomic E-state index is 14.4. The van der Waals surface area contributed by atoms with Crippen LogP contribution in [0.15, 0.2) is 52.0 Å². The van der Waals surface area contributed by atoms with Gasteiger partial charge in [-0.15, -0.1) is 0 Å². The molecule has 0 bridgehead atoms. The number of rotatable bonds is 2. The predicted molar refractivity (Wildman–Crippen MR) is 119 cm³/mol. The highest BCUT2D eigenvalue weighted by Gasteiger charge is 2.46. The zero-order chi connectivity index (χ0) is 23.7. The molecule has 1 aliphatic carbocycles. The van der Waals surface area contributed by atoms with Crippen LogP contribution in [-0.4, -0.2) is 30.1 Å². The van der Waals surface area contributed by atoms with E-state index >= 15 is 0 Å². The quantitative estimate of drug-likeness (QED) is 0.232. The Morgan fingerprint density at radius 1 is 0.912 bits per heavy atom. The van der Waals surface area contributed by atoms with Gasteiger partial charge in [0, 0.05) is 10.9 Å². The number of morpholine rings is 1. The molecule has 2 heterocycles. The Hall–Kier alpha value is -2.98. The molecule has 0 spiro atoms. The first-order chi connectivity index (χ1) is 16.3. The fourth-order valence-electron chi connectivity index (χ4n) is 4.90. The summed E-state index contributed by atoms with van der Waals surface area (Å²) in [6, 6.07) is 13.6. The Morgan fingerprint density at radius 2 is 1.62 bits per heavy atom. The van der Waals surface area contributed by atoms with Crippen LogP contribution in [0.1, 0.15) is 17.2 Å². The van der Waals surface area contributed by atoms with Gasteiger partial charge in [-0.3, -0.25) is 0 Å². The average Bonchev–Trinajstić information content (AvgIpc) is 3.42. The van der Waals surface area contributed by atoms with Crippen molar-refractivity contribution in [2.24, 2.45) is 5.10 Å². The molecule has 1 saturated heterocycles. The van der Waals surface area contributed by atoms with Crippen molar-refractivity contribution in [3.05, 3.63) is 87.2 Å². The summed E-state index contributed by atoms with van der Waals surface area (Å²) >= 11 is 3.57. The molecule has 0 amide bonds. The molecule has 174 valence electrons. The number of benzene rings is 3. The minimum atomic E-state index is -2.20. The molecule has 34 heavy (non-hydrogen) atoms. The van der Waals surface area contributed by atoms with Gasteiger partial charge in [0.05, 0.1) is 12.1 Å². The van der Waals surface area contributed by atoms with Crippen LogP contribution < -0.4 is 5.01 Å². The number of hydrogen-bond acceptors (Lipinski definition) is 4. The van der Waals surface area contributed by atoms with E-state index in [1.807, 2.05) is 47.4 Å². The molecule has 0 radical (unpaired) electrons. The minimum absolute atomic E-state index is 0.0676. The summed E-state index contributed by atoms with van der Waals surface area (Å²) in [4.78, 5) is 1.81. The van der Waals surface area contributed by atoms with Crippen LogP contribution in [0, 0.1) is 29.1 Å². The van der Waals surface area contributed by atoms with E-state index in [9.17, 15) is 22.0 Å². The number of hydrogen-bond donors (Lipinski definition) is 0. The molecule has 1 fully saturated rings. The third-order valence-corrected chi connectivity index (χ3v) is 7.18. The second-order valence-corrected chi connectivity index (χ2v) is 9.19. The Morgan fingerprint density at radius 3 is 2.35 bits per heavy atom. The maximum atomic E-state index is 14.4. The molecule has 2 atom stereocenters. The lowest BCUT2D eigenvalue weighted by atomic mass is 9.98. The molecular formula is C24H15BrF5N3O. The van der Waals surface area contributed by atoms with Crippen molar-refractivity contribution in [1.82, 2.24) is 4.90 Å². The van der Waals surface area contributed by atoms with Gasteiger partial charge in [-0.05, 0) is 34.4 Å². The molecule has 3 aromatic carbocycles. The molecule has 3 aliphatic rings. The monoisotopic (exact) mass is 535 g/mol. The van der Waals surface area contributed by atoms with E-state index in [0.717, 1.165) is 31.7 Å². The molecular weight excluding hydrogens is 521 g/mol. The van der Waals surface area contributed by atoms with Crippen LogP contribution >= 0.6 is 15.9 Å². The molecule has 0 aromatic heterocycles. The summed E-state index contributed by atoms with van der Waals surface area (Å²) in [6.07, 6.45) is 0.419. The molecule has 10 heteroatoms. The number of halogens is 6. The van der Waals surface area contributed by atoms with E-state index in [0.29, 0.717) is 12.3 Å². The van der Waals surface area contributed by atoms with E-state index in [1.165, 1.54) is 0 Å². The van der Waals surface area contributed by atoms with Crippen molar-refractivity contribution in [1.29, 1.82) is 0 Å². The fraction of sp³-hybridized carbons (Fsp3) is 0.208. The van der Waals surface area contributed by atoms with E-state index in [2.05, 4.69) is 21.0 Å². The maximum Gasteiger partial charge on any atom is 0.200 e. The summed E-state index contributed by atoms with van der Waals surface area (Å²) in [5, 5.41) is 4.96. The Bertz CT molecular complexity index is 1350. The summed E-state index contributed by atoms with van der Waals surface area (Å²) < 4.78 is 76.9. The van der Waals surface area contributed by atoms with Crippen LogP contribution in [-0.2, 0) is 11.2 Å². The van der Waals surface area contributed by atoms with E-state index in [4.69, 9.17) is 4.74 Å². The van der Waals surface area contributed by atoms with Crippen LogP contribution in [0.5, 0.6) is 0 Å². The van der Waals surface area contributed by atoms with Crippen LogP contribution in [0.2, 0.25) is 0 Å². The lowest BCUT2D eigenvalue weighted by Crippen LogP contribution is -2.46. The van der Waals surface area contributed by atoms with Crippen molar-refractivity contribution in [3.63, 3.8) is 0 Å². The smallest absolute Gasteiger partial charge is 0.200 e. The van der Waals surface area contributed by atoms with Gasteiger partial charge in [-0.25, -0.2) is 27.0 Å². The first-order valence-corrected chi connectivity index (χ1v) is 11.3. The van der Waals surface area contributed by atoms with Gasteiger partial charge in [-0.1, -0.05) is 46.3 Å². The van der Waals surface area contributed by atoms with Gasteiger partial charge >= 0.3 is 0 Å². The van der Waals surface area contributed by atoms with E-state index in [1.54, 1.807) is 0 Å². The third-order valence-electron chi connectivity index (χ3n) is 6.48. The summed E-state index contributed by atoms with van der Waals surface area (Å²) in [5.74, 6) is -9.67. The van der Waals surface area contributed by atoms with Crippen molar-refractivity contribution in [2.75, 3.05) is 18.3 Å². The largest absolute Gasteiger partial charge is 0.367 e. The number of fused-ring (bicyclic) bond motifs is 5. The van der Waals surface area contributed by atoms with Crippen molar-refractivity contribution < 1.29 is 26.7 Å². The fourth-order valence-corrected chi connectivity index (χ4v) is 5.42. The highest BCUT2D eigenvalue weighted by Crippen LogP contribution is 2.45. The molecule has 4 nitrogen and oxygen atoms in total. The summed E-state index contributed by atoms with van der Waals surface area (Å²) in [6.45, 7) is -0.102. The zero-order valence-corrected chi connectivity index (χ0v) is 18.9. The average molecular weight is 536 g/mol. The van der Waals surface area contributed by atoms with Crippen LogP contribution in [0.4, 0.5) is 27.6 Å². The van der Waals surface area contributed by atoms with Gasteiger partial charge in [0.2, 0.25) is 5.82 Å². The van der Waals surface area contributed by atoms with Crippen molar-refractivity contribution >= 4 is 27.5 Å². The molecule has 0 saturated carbocycles. The number of ether oxygens (including phenoxy) is 1. The standard InChI is InChI=1S/C24H15BrF5N3O/c25-15-4-2-1-3-13(15)11-5-6-12-8-16-23(14(12)7-11)32-10-33(31-17(32)9-34-16)24-21(29)19(27)18(26)20(28)22(24)30/h1-7,16,23H,8-10H2/t16-,23+/m0/s1. The Labute approximate surface area is 199 Å². The molecule has 3 aromatic rings. The minimum Gasteiger partial charge on any atom is -0.367 e. The van der Waals surface area contributed by atoms with Crippen molar-refractivity contribution in [3.8, 4) is 11.1 Å². The normalized spacial score (nSPS) is 20.8. The van der Waals surface area contributed by atoms with Gasteiger partial charge < -0.3 is 9.64 Å². The third kappa shape index (κ3) is 3.08. The van der Waals surface area contributed by atoms with E-state index < -0.39 is 34.8 Å². The Kier molecular flexibility index (Phi) is 4.93. The molecule has 0 unspecified atom stereocenters. The second kappa shape index (κ2) is 7.78. The predicted octanol–water partition coefficient (Wildman–Crippen LogP) is 5.90. The highest BCUT2D eigenvalue weighted by molar-refractivity contribution is 9.10. The summed E-state index contributed by atoms with van der Waals surface area (Å²) in [7, 11) is 0. The molecule has 0 N–H and O–H groups in total. The van der Waals surface area contributed by atoms with Crippen molar-refractivity contribution in [2.45, 2.75) is 18.6 Å². The van der Waals surface area contributed by atoms with Crippen LogP contribution in [0.25, 0.3) is 11.1 Å². The number of hydrazone groups is 1. The van der Waals surface area contributed by atoms with Gasteiger partial charge in [0.25, 0.3) is 0 Å². The Balaban J connectivity index is 1.39. The highest BCUT2D eigenvalue weighted by atomic mass is 79.9. The molecule has 2 aliphatic heterocycles. The number of anilines is 1. The number of amidine groups is 1. The topological polar surface area (TPSA) is 28.1 Å². The SMILES string of the molecule is Fc1c(F)c(F)c(N2CN3C(=N2)CO[C@H]2Cc4ccc(-c5ccccc5Br)cc4[C@H]23)c(F)c1F. The zero-order valence-electron chi connectivity index (χ0n) is 17.3. The van der Waals surface area contributed by atoms with Gasteiger partial charge in [-0.2, -0.15) is 5.10 Å². The second-order valence-electron chi connectivity index (χ2n) is 8.34.